The molecule has 0 saturated heterocycles. The minimum absolute atomic E-state index is 0.152. The number of rotatable bonds is 6. The van der Waals surface area contributed by atoms with Crippen LogP contribution in [0, 0.1) is 5.92 Å². The zero-order valence-corrected chi connectivity index (χ0v) is 9.69. The van der Waals surface area contributed by atoms with Gasteiger partial charge in [0.05, 0.1) is 6.10 Å². The Kier molecular flexibility index (Phi) is 5.33. The average molecular weight is 207 g/mol. The van der Waals surface area contributed by atoms with E-state index in [4.69, 9.17) is 0 Å². The minimum atomic E-state index is -0.152. The minimum Gasteiger partial charge on any atom is -0.393 e. The number of pyridine rings is 1. The molecule has 2 heteroatoms. The molecule has 0 radical (unpaired) electrons. The third-order valence-corrected chi connectivity index (χ3v) is 2.59. The summed E-state index contributed by atoms with van der Waals surface area (Å²) in [7, 11) is 0. The van der Waals surface area contributed by atoms with Gasteiger partial charge in [-0.15, -0.1) is 0 Å². The molecule has 1 unspecified atom stereocenters. The summed E-state index contributed by atoms with van der Waals surface area (Å²) in [5.41, 5.74) is 1.26. The average Bonchev–Trinajstić information content (AvgIpc) is 2.25. The van der Waals surface area contributed by atoms with E-state index < -0.39 is 0 Å². The molecule has 0 amide bonds. The van der Waals surface area contributed by atoms with Gasteiger partial charge in [0.25, 0.3) is 0 Å². The molecule has 1 N–H and O–H groups in total. The number of aliphatic hydroxyl groups excluding tert-OH is 1. The normalized spacial score (nSPS) is 13.1. The largest absolute Gasteiger partial charge is 0.393 e. The van der Waals surface area contributed by atoms with Crippen LogP contribution >= 0.6 is 0 Å². The van der Waals surface area contributed by atoms with Crippen LogP contribution in [0.5, 0.6) is 0 Å². The highest BCUT2D eigenvalue weighted by molar-refractivity contribution is 5.09. The Labute approximate surface area is 92.4 Å². The van der Waals surface area contributed by atoms with E-state index in [2.05, 4.69) is 18.8 Å². The highest BCUT2D eigenvalue weighted by Crippen LogP contribution is 2.11. The van der Waals surface area contributed by atoms with E-state index in [0.717, 1.165) is 25.7 Å². The molecule has 0 bridgehead atoms. The number of aromatic nitrogens is 1. The van der Waals surface area contributed by atoms with Crippen molar-refractivity contribution in [3.63, 3.8) is 0 Å². The number of hydrogen-bond acceptors (Lipinski definition) is 2. The molecule has 0 aromatic carbocycles. The molecule has 0 saturated carbocycles. The Morgan fingerprint density at radius 1 is 1.13 bits per heavy atom. The Hall–Kier alpha value is -0.890. The molecular formula is C13H21NO. The second-order valence-electron chi connectivity index (χ2n) is 4.52. The van der Waals surface area contributed by atoms with Gasteiger partial charge in [0.2, 0.25) is 0 Å². The molecule has 0 aliphatic rings. The quantitative estimate of drug-likeness (QED) is 0.778. The topological polar surface area (TPSA) is 33.1 Å². The summed E-state index contributed by atoms with van der Waals surface area (Å²) >= 11 is 0. The summed E-state index contributed by atoms with van der Waals surface area (Å²) in [4.78, 5) is 3.97. The van der Waals surface area contributed by atoms with Gasteiger partial charge in [-0.1, -0.05) is 13.8 Å². The fourth-order valence-corrected chi connectivity index (χ4v) is 1.55. The predicted octanol–water partition coefficient (Wildman–Crippen LogP) is 2.81. The van der Waals surface area contributed by atoms with Crippen LogP contribution < -0.4 is 0 Å². The lowest BCUT2D eigenvalue weighted by Gasteiger charge is -2.11. The van der Waals surface area contributed by atoms with Gasteiger partial charge in [0.15, 0.2) is 0 Å². The van der Waals surface area contributed by atoms with Crippen molar-refractivity contribution in [2.24, 2.45) is 5.92 Å². The maximum atomic E-state index is 9.74. The van der Waals surface area contributed by atoms with Gasteiger partial charge < -0.3 is 5.11 Å². The van der Waals surface area contributed by atoms with Crippen molar-refractivity contribution < 1.29 is 5.11 Å². The van der Waals surface area contributed by atoms with Crippen molar-refractivity contribution in [2.75, 3.05) is 0 Å². The molecule has 1 heterocycles. The first-order valence-electron chi connectivity index (χ1n) is 5.75. The summed E-state index contributed by atoms with van der Waals surface area (Å²) in [6, 6.07) is 4.02. The van der Waals surface area contributed by atoms with Crippen molar-refractivity contribution in [1.29, 1.82) is 0 Å². The molecule has 1 atom stereocenters. The molecule has 2 nitrogen and oxygen atoms in total. The SMILES string of the molecule is CC(C)CCC(O)CCc1ccncc1. The molecule has 0 spiro atoms. The van der Waals surface area contributed by atoms with E-state index in [9.17, 15) is 5.11 Å². The van der Waals surface area contributed by atoms with Crippen LogP contribution in [0.4, 0.5) is 0 Å². The smallest absolute Gasteiger partial charge is 0.0543 e. The Bertz CT molecular complexity index is 258. The van der Waals surface area contributed by atoms with Crippen molar-refractivity contribution in [3.05, 3.63) is 30.1 Å². The molecule has 0 aliphatic carbocycles. The van der Waals surface area contributed by atoms with Gasteiger partial charge in [-0.3, -0.25) is 4.98 Å². The number of aliphatic hydroxyl groups is 1. The van der Waals surface area contributed by atoms with E-state index >= 15 is 0 Å². The number of hydrogen-bond donors (Lipinski definition) is 1. The highest BCUT2D eigenvalue weighted by atomic mass is 16.3. The maximum Gasteiger partial charge on any atom is 0.0543 e. The zero-order chi connectivity index (χ0) is 11.1. The van der Waals surface area contributed by atoms with Crippen LogP contribution in [0.2, 0.25) is 0 Å². The molecular weight excluding hydrogens is 186 g/mol. The fourth-order valence-electron chi connectivity index (χ4n) is 1.55. The van der Waals surface area contributed by atoms with Gasteiger partial charge in [0.1, 0.15) is 0 Å². The molecule has 1 aromatic rings. The summed E-state index contributed by atoms with van der Waals surface area (Å²) in [6.07, 6.45) is 7.28. The molecule has 0 aliphatic heterocycles. The highest BCUT2D eigenvalue weighted by Gasteiger charge is 2.05. The summed E-state index contributed by atoms with van der Waals surface area (Å²) in [6.45, 7) is 4.38. The Balaban J connectivity index is 2.19. The third kappa shape index (κ3) is 5.53. The van der Waals surface area contributed by atoms with Crippen LogP contribution in [0.25, 0.3) is 0 Å². The molecule has 0 fully saturated rings. The van der Waals surface area contributed by atoms with Crippen LogP contribution in [-0.4, -0.2) is 16.2 Å². The zero-order valence-electron chi connectivity index (χ0n) is 9.69. The van der Waals surface area contributed by atoms with Crippen molar-refractivity contribution in [3.8, 4) is 0 Å². The Morgan fingerprint density at radius 2 is 1.80 bits per heavy atom. The second kappa shape index (κ2) is 6.57. The number of nitrogens with zero attached hydrogens (tertiary/aromatic N) is 1. The molecule has 1 aromatic heterocycles. The van der Waals surface area contributed by atoms with E-state index in [0.29, 0.717) is 5.92 Å². The molecule has 84 valence electrons. The van der Waals surface area contributed by atoms with Crippen LogP contribution in [0.15, 0.2) is 24.5 Å². The molecule has 15 heavy (non-hydrogen) atoms. The van der Waals surface area contributed by atoms with Gasteiger partial charge in [-0.25, -0.2) is 0 Å². The lowest BCUT2D eigenvalue weighted by atomic mass is 10.0. The first-order valence-corrected chi connectivity index (χ1v) is 5.75. The third-order valence-electron chi connectivity index (χ3n) is 2.59. The maximum absolute atomic E-state index is 9.74. The van der Waals surface area contributed by atoms with Gasteiger partial charge in [-0.2, -0.15) is 0 Å². The van der Waals surface area contributed by atoms with E-state index in [-0.39, 0.29) is 6.10 Å². The van der Waals surface area contributed by atoms with Crippen molar-refractivity contribution >= 4 is 0 Å². The van der Waals surface area contributed by atoms with E-state index in [1.165, 1.54) is 5.56 Å². The van der Waals surface area contributed by atoms with Crippen LogP contribution in [0.1, 0.15) is 38.7 Å². The first-order chi connectivity index (χ1) is 7.18. The second-order valence-corrected chi connectivity index (χ2v) is 4.52. The lowest BCUT2D eigenvalue weighted by Crippen LogP contribution is -2.09. The monoisotopic (exact) mass is 207 g/mol. The lowest BCUT2D eigenvalue weighted by molar-refractivity contribution is 0.147. The first kappa shape index (κ1) is 12.2. The number of aryl methyl sites for hydroxylation is 1. The van der Waals surface area contributed by atoms with Gasteiger partial charge >= 0.3 is 0 Å². The van der Waals surface area contributed by atoms with E-state index in [1.54, 1.807) is 12.4 Å². The van der Waals surface area contributed by atoms with Crippen LogP contribution in [0.3, 0.4) is 0 Å². The van der Waals surface area contributed by atoms with Gasteiger partial charge in [-0.05, 0) is 49.3 Å². The van der Waals surface area contributed by atoms with Crippen molar-refractivity contribution in [1.82, 2.24) is 4.98 Å². The van der Waals surface area contributed by atoms with Crippen LogP contribution in [-0.2, 0) is 6.42 Å². The molecule has 1 rings (SSSR count). The standard InChI is InChI=1S/C13H21NO/c1-11(2)3-5-13(15)6-4-12-7-9-14-10-8-12/h7-11,13,15H,3-6H2,1-2H3. The fraction of sp³-hybridized carbons (Fsp3) is 0.615. The van der Waals surface area contributed by atoms with Gasteiger partial charge in [0, 0.05) is 12.4 Å². The summed E-state index contributed by atoms with van der Waals surface area (Å²) in [5, 5.41) is 9.74. The summed E-state index contributed by atoms with van der Waals surface area (Å²) < 4.78 is 0. The van der Waals surface area contributed by atoms with Crippen molar-refractivity contribution in [2.45, 2.75) is 45.6 Å². The summed E-state index contributed by atoms with van der Waals surface area (Å²) in [5.74, 6) is 0.681. The van der Waals surface area contributed by atoms with E-state index in [1.807, 2.05) is 12.1 Å². The Morgan fingerprint density at radius 3 is 2.40 bits per heavy atom. The predicted molar refractivity (Wildman–Crippen MR) is 62.6 cm³/mol.